The van der Waals surface area contributed by atoms with Crippen molar-refractivity contribution in [3.8, 4) is 22.3 Å². The Morgan fingerprint density at radius 2 is 1.54 bits per heavy atom. The standard InChI is InChI=1S/C28H23ClF3N5O2/c1-15-4-6-19(7-5-15)24-23(18-8-11-21(29)12-9-18)26-35-34-25(17(3)38)37(26)36(27(24)39)14-20-10-13-22(28(30,31)32)33-16(20)2/h4-13,17,38H,14H2,1-3H3. The van der Waals surface area contributed by atoms with Crippen LogP contribution in [0.2, 0.25) is 5.02 Å². The van der Waals surface area contributed by atoms with Gasteiger partial charge in [-0.05, 0) is 55.7 Å². The number of aromatic nitrogens is 5. The number of hydrogen-bond acceptors (Lipinski definition) is 5. The van der Waals surface area contributed by atoms with Crippen LogP contribution in [-0.4, -0.2) is 29.5 Å². The van der Waals surface area contributed by atoms with Crippen LogP contribution in [-0.2, 0) is 12.7 Å². The maximum absolute atomic E-state index is 14.3. The summed E-state index contributed by atoms with van der Waals surface area (Å²) in [6, 6.07) is 16.5. The molecule has 39 heavy (non-hydrogen) atoms. The van der Waals surface area contributed by atoms with Crippen LogP contribution in [0.15, 0.2) is 65.5 Å². The van der Waals surface area contributed by atoms with Gasteiger partial charge in [0.2, 0.25) is 0 Å². The van der Waals surface area contributed by atoms with Gasteiger partial charge in [0.25, 0.3) is 5.56 Å². The van der Waals surface area contributed by atoms with Crippen LogP contribution in [0.5, 0.6) is 0 Å². The van der Waals surface area contributed by atoms with E-state index in [9.17, 15) is 23.1 Å². The zero-order valence-electron chi connectivity index (χ0n) is 21.2. The van der Waals surface area contributed by atoms with E-state index < -0.39 is 23.5 Å². The number of hydrogen-bond donors (Lipinski definition) is 1. The number of fused-ring (bicyclic) bond motifs is 1. The molecule has 2 aromatic carbocycles. The van der Waals surface area contributed by atoms with Gasteiger partial charge < -0.3 is 5.11 Å². The Hall–Kier alpha value is -4.02. The normalized spacial score (nSPS) is 12.7. The van der Waals surface area contributed by atoms with Gasteiger partial charge in [0.15, 0.2) is 11.5 Å². The Bertz CT molecular complexity index is 1740. The van der Waals surface area contributed by atoms with Crippen LogP contribution in [0.1, 0.15) is 41.4 Å². The molecule has 0 aliphatic rings. The van der Waals surface area contributed by atoms with Crippen molar-refractivity contribution in [2.24, 2.45) is 0 Å². The van der Waals surface area contributed by atoms with Crippen LogP contribution >= 0.6 is 11.6 Å². The largest absolute Gasteiger partial charge is 0.433 e. The van der Waals surface area contributed by atoms with Crippen molar-refractivity contribution in [1.29, 1.82) is 0 Å². The minimum absolute atomic E-state index is 0.102. The van der Waals surface area contributed by atoms with Gasteiger partial charge in [-0.2, -0.15) is 13.2 Å². The summed E-state index contributed by atoms with van der Waals surface area (Å²) < 4.78 is 42.4. The quantitative estimate of drug-likeness (QED) is 0.288. The Morgan fingerprint density at radius 3 is 2.13 bits per heavy atom. The third-order valence-corrected chi connectivity index (χ3v) is 6.73. The van der Waals surface area contributed by atoms with E-state index in [0.717, 1.165) is 11.6 Å². The Morgan fingerprint density at radius 1 is 0.923 bits per heavy atom. The van der Waals surface area contributed by atoms with Crippen molar-refractivity contribution < 1.29 is 18.3 Å². The highest BCUT2D eigenvalue weighted by Gasteiger charge is 2.33. The monoisotopic (exact) mass is 553 g/mol. The average molecular weight is 554 g/mol. The third-order valence-electron chi connectivity index (χ3n) is 6.48. The lowest BCUT2D eigenvalue weighted by atomic mass is 9.96. The molecule has 0 spiro atoms. The van der Waals surface area contributed by atoms with Gasteiger partial charge in [-0.3, -0.25) is 4.79 Å². The Labute approximate surface area is 226 Å². The molecule has 0 fully saturated rings. The molecule has 0 amide bonds. The second kappa shape index (κ2) is 9.94. The summed E-state index contributed by atoms with van der Waals surface area (Å²) in [4.78, 5) is 18.0. The second-order valence-electron chi connectivity index (χ2n) is 9.29. The van der Waals surface area contributed by atoms with E-state index in [1.807, 2.05) is 31.2 Å². The molecule has 1 atom stereocenters. The van der Waals surface area contributed by atoms with Crippen LogP contribution in [0, 0.1) is 13.8 Å². The van der Waals surface area contributed by atoms with Gasteiger partial charge in [-0.15, -0.1) is 10.2 Å². The lowest BCUT2D eigenvalue weighted by molar-refractivity contribution is -0.141. The summed E-state index contributed by atoms with van der Waals surface area (Å²) in [5.41, 5.74) is 2.42. The molecule has 11 heteroatoms. The molecule has 1 N–H and O–H groups in total. The smallest absolute Gasteiger partial charge is 0.385 e. The van der Waals surface area contributed by atoms with Crippen molar-refractivity contribution in [2.45, 2.75) is 39.6 Å². The molecule has 7 nitrogen and oxygen atoms in total. The highest BCUT2D eigenvalue weighted by atomic mass is 35.5. The fourth-order valence-electron chi connectivity index (χ4n) is 4.48. The van der Waals surface area contributed by atoms with Gasteiger partial charge in [0.05, 0.1) is 12.1 Å². The topological polar surface area (TPSA) is 85.3 Å². The maximum atomic E-state index is 14.3. The lowest BCUT2D eigenvalue weighted by Crippen LogP contribution is -2.31. The fraction of sp³-hybridized carbons (Fsp3) is 0.214. The van der Waals surface area contributed by atoms with Crippen LogP contribution in [0.4, 0.5) is 13.2 Å². The zero-order chi connectivity index (χ0) is 28.1. The summed E-state index contributed by atoms with van der Waals surface area (Å²) >= 11 is 6.13. The first-order valence-electron chi connectivity index (χ1n) is 12.0. The summed E-state index contributed by atoms with van der Waals surface area (Å²) in [7, 11) is 0. The minimum atomic E-state index is -4.60. The van der Waals surface area contributed by atoms with Crippen LogP contribution < -0.4 is 5.56 Å². The van der Waals surface area contributed by atoms with Gasteiger partial charge in [0, 0.05) is 16.3 Å². The van der Waals surface area contributed by atoms with Crippen LogP contribution in [0.3, 0.4) is 0 Å². The predicted molar refractivity (Wildman–Crippen MR) is 142 cm³/mol. The molecule has 200 valence electrons. The molecule has 0 saturated carbocycles. The molecule has 1 unspecified atom stereocenters. The summed E-state index contributed by atoms with van der Waals surface area (Å²) in [5, 5.41) is 19.5. The first-order valence-corrected chi connectivity index (χ1v) is 12.4. The van der Waals surface area contributed by atoms with Crippen molar-refractivity contribution in [3.05, 3.63) is 104 Å². The highest BCUT2D eigenvalue weighted by molar-refractivity contribution is 6.30. The number of aliphatic hydroxyl groups excluding tert-OH is 1. The fourth-order valence-corrected chi connectivity index (χ4v) is 4.61. The molecule has 3 heterocycles. The summed E-state index contributed by atoms with van der Waals surface area (Å²) in [6.07, 6.45) is -5.69. The van der Waals surface area contributed by atoms with E-state index in [4.69, 9.17) is 11.6 Å². The van der Waals surface area contributed by atoms with Gasteiger partial charge in [-0.1, -0.05) is 59.6 Å². The molecule has 0 bridgehead atoms. The van der Waals surface area contributed by atoms with Gasteiger partial charge in [0.1, 0.15) is 11.8 Å². The molecule has 5 rings (SSSR count). The number of aliphatic hydroxyl groups is 1. The summed E-state index contributed by atoms with van der Waals surface area (Å²) in [6.45, 7) is 4.74. The van der Waals surface area contributed by atoms with Crippen molar-refractivity contribution in [1.82, 2.24) is 24.4 Å². The number of rotatable bonds is 5. The van der Waals surface area contributed by atoms with E-state index in [1.165, 1.54) is 29.1 Å². The van der Waals surface area contributed by atoms with E-state index in [0.29, 0.717) is 38.5 Å². The van der Waals surface area contributed by atoms with Crippen molar-refractivity contribution >= 4 is 17.2 Å². The number of pyridine rings is 1. The van der Waals surface area contributed by atoms with Crippen molar-refractivity contribution in [3.63, 3.8) is 0 Å². The first-order chi connectivity index (χ1) is 18.5. The molecule has 0 saturated heterocycles. The average Bonchev–Trinajstić information content (AvgIpc) is 3.32. The number of alkyl halides is 3. The first kappa shape index (κ1) is 26.6. The number of aryl methyl sites for hydroxylation is 2. The highest BCUT2D eigenvalue weighted by Crippen LogP contribution is 2.35. The van der Waals surface area contributed by atoms with E-state index >= 15 is 0 Å². The van der Waals surface area contributed by atoms with E-state index in [1.54, 1.807) is 24.3 Å². The summed E-state index contributed by atoms with van der Waals surface area (Å²) in [5.74, 6) is 0.102. The number of halogens is 4. The van der Waals surface area contributed by atoms with Crippen LogP contribution in [0.25, 0.3) is 27.9 Å². The van der Waals surface area contributed by atoms with E-state index in [-0.39, 0.29) is 18.1 Å². The molecule has 0 radical (unpaired) electrons. The predicted octanol–water partition coefficient (Wildman–Crippen LogP) is 6.01. The molecule has 3 aromatic heterocycles. The SMILES string of the molecule is Cc1ccc(-c2c(-c3ccc(Cl)cc3)c3nnc(C(C)O)n3n(Cc3ccc(C(F)(F)F)nc3C)c2=O)cc1. The molecular weight excluding hydrogens is 531 g/mol. The lowest BCUT2D eigenvalue weighted by Gasteiger charge is -2.19. The van der Waals surface area contributed by atoms with E-state index in [2.05, 4.69) is 15.2 Å². The molecule has 5 aromatic rings. The van der Waals surface area contributed by atoms with Gasteiger partial charge >= 0.3 is 6.18 Å². The third kappa shape index (κ3) is 4.93. The molecular formula is C28H23ClF3N5O2. The van der Waals surface area contributed by atoms with Gasteiger partial charge in [-0.25, -0.2) is 14.2 Å². The number of benzene rings is 2. The molecule has 0 aliphatic heterocycles. The maximum Gasteiger partial charge on any atom is 0.433 e. The van der Waals surface area contributed by atoms with Crippen molar-refractivity contribution in [2.75, 3.05) is 0 Å². The molecule has 0 aliphatic carbocycles. The zero-order valence-corrected chi connectivity index (χ0v) is 21.9. The Balaban J connectivity index is 1.85. The Kier molecular flexibility index (Phi) is 6.77. The minimum Gasteiger partial charge on any atom is -0.385 e. The number of nitrogens with zero attached hydrogens (tertiary/aromatic N) is 5. The second-order valence-corrected chi connectivity index (χ2v) is 9.73.